The number of hydrogen-bond donors (Lipinski definition) is 1. The molecule has 2 aromatic carbocycles. The van der Waals surface area contributed by atoms with Gasteiger partial charge in [-0.15, -0.1) is 5.10 Å². The number of benzene rings is 2. The molecule has 0 spiro atoms. The Balaban J connectivity index is 1.38. The standard InChI is InChI=1S/C20H19N3O3/c24-18(21-20-23-22-19(26-20)17-7-4-12-25-17)16-10-8-15(9-11-16)13-14-5-2-1-3-6-14/h1-3,5-6,8-11,17H,4,7,12-13H2,(H,21,23,24). The van der Waals surface area contributed by atoms with E-state index in [-0.39, 0.29) is 18.0 Å². The number of carbonyl (C=O) groups is 1. The van der Waals surface area contributed by atoms with Crippen molar-refractivity contribution >= 4 is 11.9 Å². The maximum atomic E-state index is 12.3. The van der Waals surface area contributed by atoms with E-state index in [1.807, 2.05) is 30.3 Å². The molecule has 1 fully saturated rings. The summed E-state index contributed by atoms with van der Waals surface area (Å²) in [5, 5.41) is 10.5. The summed E-state index contributed by atoms with van der Waals surface area (Å²) in [6, 6.07) is 17.8. The van der Waals surface area contributed by atoms with E-state index in [2.05, 4.69) is 27.6 Å². The van der Waals surface area contributed by atoms with Crippen molar-refractivity contribution in [2.45, 2.75) is 25.4 Å². The number of aromatic nitrogens is 2. The predicted octanol–water partition coefficient (Wildman–Crippen LogP) is 3.76. The van der Waals surface area contributed by atoms with Gasteiger partial charge in [0.2, 0.25) is 5.89 Å². The molecule has 0 radical (unpaired) electrons. The third-order valence-electron chi connectivity index (χ3n) is 4.33. The molecule has 0 saturated carbocycles. The van der Waals surface area contributed by atoms with Crippen LogP contribution in [0.5, 0.6) is 0 Å². The zero-order valence-corrected chi connectivity index (χ0v) is 14.2. The van der Waals surface area contributed by atoms with E-state index in [9.17, 15) is 4.79 Å². The Bertz CT molecular complexity index is 869. The van der Waals surface area contributed by atoms with Gasteiger partial charge in [-0.3, -0.25) is 10.1 Å². The first-order valence-corrected chi connectivity index (χ1v) is 8.67. The molecule has 26 heavy (non-hydrogen) atoms. The fraction of sp³-hybridized carbons (Fsp3) is 0.250. The summed E-state index contributed by atoms with van der Waals surface area (Å²) in [4.78, 5) is 12.3. The summed E-state index contributed by atoms with van der Waals surface area (Å²) in [5.41, 5.74) is 2.92. The Hall–Kier alpha value is -2.99. The van der Waals surface area contributed by atoms with Crippen LogP contribution in [0, 0.1) is 0 Å². The number of amides is 1. The third kappa shape index (κ3) is 3.81. The van der Waals surface area contributed by atoms with Crippen LogP contribution in [0.2, 0.25) is 0 Å². The molecule has 4 rings (SSSR count). The molecule has 6 heteroatoms. The van der Waals surface area contributed by atoms with Crippen molar-refractivity contribution in [1.82, 2.24) is 10.2 Å². The molecule has 1 aliphatic heterocycles. The van der Waals surface area contributed by atoms with E-state index in [4.69, 9.17) is 9.15 Å². The number of ether oxygens (including phenoxy) is 1. The van der Waals surface area contributed by atoms with Gasteiger partial charge in [-0.1, -0.05) is 47.6 Å². The molecular formula is C20H19N3O3. The first-order chi connectivity index (χ1) is 12.8. The lowest BCUT2D eigenvalue weighted by Gasteiger charge is -2.05. The van der Waals surface area contributed by atoms with Gasteiger partial charge in [0.25, 0.3) is 5.91 Å². The zero-order chi connectivity index (χ0) is 17.8. The molecule has 1 aliphatic rings. The molecule has 1 aromatic heterocycles. The second-order valence-electron chi connectivity index (χ2n) is 6.26. The van der Waals surface area contributed by atoms with Crippen LogP contribution in [0.25, 0.3) is 0 Å². The molecule has 1 amide bonds. The van der Waals surface area contributed by atoms with Gasteiger partial charge in [-0.05, 0) is 42.5 Å². The highest BCUT2D eigenvalue weighted by Gasteiger charge is 2.24. The van der Waals surface area contributed by atoms with Crippen LogP contribution in [-0.4, -0.2) is 22.7 Å². The highest BCUT2D eigenvalue weighted by Crippen LogP contribution is 2.28. The van der Waals surface area contributed by atoms with Crippen molar-refractivity contribution in [2.24, 2.45) is 0 Å². The summed E-state index contributed by atoms with van der Waals surface area (Å²) in [5.74, 6) is 0.134. The van der Waals surface area contributed by atoms with Crippen molar-refractivity contribution in [3.8, 4) is 0 Å². The fourth-order valence-corrected chi connectivity index (χ4v) is 2.96. The zero-order valence-electron chi connectivity index (χ0n) is 14.2. The monoisotopic (exact) mass is 349 g/mol. The first kappa shape index (κ1) is 16.5. The molecule has 0 bridgehead atoms. The number of nitrogens with one attached hydrogen (secondary N) is 1. The Morgan fingerprint density at radius 2 is 1.81 bits per heavy atom. The Kier molecular flexibility index (Phi) is 4.75. The van der Waals surface area contributed by atoms with Crippen molar-refractivity contribution in [1.29, 1.82) is 0 Å². The van der Waals surface area contributed by atoms with Gasteiger partial charge in [0.1, 0.15) is 6.10 Å². The lowest BCUT2D eigenvalue weighted by Crippen LogP contribution is -2.12. The van der Waals surface area contributed by atoms with Crippen LogP contribution in [0.1, 0.15) is 46.3 Å². The van der Waals surface area contributed by atoms with E-state index >= 15 is 0 Å². The SMILES string of the molecule is O=C(Nc1nnc(C2CCCO2)o1)c1ccc(Cc2ccccc2)cc1. The maximum absolute atomic E-state index is 12.3. The van der Waals surface area contributed by atoms with E-state index in [1.165, 1.54) is 5.56 Å². The second kappa shape index (κ2) is 7.49. The van der Waals surface area contributed by atoms with E-state index in [1.54, 1.807) is 12.1 Å². The van der Waals surface area contributed by atoms with E-state index in [0.717, 1.165) is 24.8 Å². The summed E-state index contributed by atoms with van der Waals surface area (Å²) in [6.07, 6.45) is 2.50. The number of carbonyl (C=O) groups excluding carboxylic acids is 1. The lowest BCUT2D eigenvalue weighted by molar-refractivity contribution is 0.0893. The van der Waals surface area contributed by atoms with Crippen LogP contribution in [0.15, 0.2) is 59.0 Å². The fourth-order valence-electron chi connectivity index (χ4n) is 2.96. The minimum atomic E-state index is -0.279. The second-order valence-corrected chi connectivity index (χ2v) is 6.26. The molecule has 6 nitrogen and oxygen atoms in total. The average Bonchev–Trinajstić information content (AvgIpc) is 3.35. The van der Waals surface area contributed by atoms with Crippen LogP contribution >= 0.6 is 0 Å². The van der Waals surface area contributed by atoms with Gasteiger partial charge in [0.05, 0.1) is 0 Å². The van der Waals surface area contributed by atoms with E-state index in [0.29, 0.717) is 18.1 Å². The van der Waals surface area contributed by atoms with Gasteiger partial charge in [-0.2, -0.15) is 0 Å². The highest BCUT2D eigenvalue weighted by molar-refractivity contribution is 6.03. The minimum absolute atomic E-state index is 0.0915. The van der Waals surface area contributed by atoms with Gasteiger partial charge in [0.15, 0.2) is 0 Å². The molecule has 1 unspecified atom stereocenters. The molecular weight excluding hydrogens is 330 g/mol. The van der Waals surface area contributed by atoms with Gasteiger partial charge in [0, 0.05) is 12.2 Å². The maximum Gasteiger partial charge on any atom is 0.322 e. The molecule has 1 atom stereocenters. The predicted molar refractivity (Wildman–Crippen MR) is 95.9 cm³/mol. The largest absolute Gasteiger partial charge is 0.405 e. The first-order valence-electron chi connectivity index (χ1n) is 8.67. The van der Waals surface area contributed by atoms with Crippen molar-refractivity contribution in [3.63, 3.8) is 0 Å². The van der Waals surface area contributed by atoms with Crippen molar-refractivity contribution < 1.29 is 13.9 Å². The van der Waals surface area contributed by atoms with Crippen LogP contribution < -0.4 is 5.32 Å². The lowest BCUT2D eigenvalue weighted by atomic mass is 10.0. The quantitative estimate of drug-likeness (QED) is 0.759. The normalized spacial score (nSPS) is 16.5. The van der Waals surface area contributed by atoms with Crippen molar-refractivity contribution in [2.75, 3.05) is 11.9 Å². The molecule has 1 saturated heterocycles. The molecule has 132 valence electrons. The topological polar surface area (TPSA) is 77.2 Å². The summed E-state index contributed by atoms with van der Waals surface area (Å²) >= 11 is 0. The smallest absolute Gasteiger partial charge is 0.322 e. The Morgan fingerprint density at radius 1 is 1.04 bits per heavy atom. The van der Waals surface area contributed by atoms with Gasteiger partial charge < -0.3 is 9.15 Å². The number of hydrogen-bond acceptors (Lipinski definition) is 5. The number of nitrogens with zero attached hydrogens (tertiary/aromatic N) is 2. The Morgan fingerprint density at radius 3 is 2.54 bits per heavy atom. The molecule has 1 N–H and O–H groups in total. The summed E-state index contributed by atoms with van der Waals surface area (Å²) < 4.78 is 11.0. The highest BCUT2D eigenvalue weighted by atomic mass is 16.5. The van der Waals surface area contributed by atoms with Gasteiger partial charge in [-0.25, -0.2) is 0 Å². The van der Waals surface area contributed by atoms with Crippen LogP contribution in [-0.2, 0) is 11.2 Å². The number of anilines is 1. The minimum Gasteiger partial charge on any atom is -0.405 e. The Labute approximate surface area is 151 Å². The summed E-state index contributed by atoms with van der Waals surface area (Å²) in [6.45, 7) is 0.698. The van der Waals surface area contributed by atoms with Crippen molar-refractivity contribution in [3.05, 3.63) is 77.2 Å². The average molecular weight is 349 g/mol. The van der Waals surface area contributed by atoms with Crippen LogP contribution in [0.4, 0.5) is 6.01 Å². The number of rotatable bonds is 5. The summed E-state index contributed by atoms with van der Waals surface area (Å²) in [7, 11) is 0. The molecule has 2 heterocycles. The van der Waals surface area contributed by atoms with Gasteiger partial charge >= 0.3 is 6.01 Å². The third-order valence-corrected chi connectivity index (χ3v) is 4.33. The van der Waals surface area contributed by atoms with E-state index < -0.39 is 0 Å². The van der Waals surface area contributed by atoms with Crippen LogP contribution in [0.3, 0.4) is 0 Å². The molecule has 0 aliphatic carbocycles. The molecule has 3 aromatic rings.